The number of aromatic nitrogens is 1. The van der Waals surface area contributed by atoms with E-state index in [0.29, 0.717) is 34.8 Å². The van der Waals surface area contributed by atoms with Gasteiger partial charge in [-0.2, -0.15) is 0 Å². The predicted octanol–water partition coefficient (Wildman–Crippen LogP) is 6.44. The number of carbonyl (C=O) groups excluding carboxylic acids is 3. The van der Waals surface area contributed by atoms with Crippen molar-refractivity contribution in [3.8, 4) is 11.3 Å². The number of amides is 3. The standard InChI is InChI=1S/C27H19Cl2FN4O3S/c28-19-11-8-17(14-20(19)29)32-23(35)22-21(15-4-2-1-3-5-15)33-26(38-22)34(18-9-6-16(30)7-10-18)25(37)27(12-13-27)24(31)36/h1-11,14H,12-13H2,(H2,31,36)(H,32,35). The molecular weight excluding hydrogens is 550 g/mol. The number of halogens is 3. The molecule has 192 valence electrons. The zero-order valence-corrected chi connectivity index (χ0v) is 21.9. The zero-order chi connectivity index (χ0) is 27.0. The summed E-state index contributed by atoms with van der Waals surface area (Å²) in [4.78, 5) is 45.5. The molecule has 0 unspecified atom stereocenters. The maximum atomic E-state index is 13.7. The van der Waals surface area contributed by atoms with Gasteiger partial charge in [0.2, 0.25) is 11.8 Å². The summed E-state index contributed by atoms with van der Waals surface area (Å²) in [5, 5.41) is 3.53. The van der Waals surface area contributed by atoms with E-state index in [0.717, 1.165) is 11.3 Å². The smallest absolute Gasteiger partial charge is 0.268 e. The van der Waals surface area contributed by atoms with Crippen molar-refractivity contribution in [3.05, 3.63) is 93.5 Å². The molecule has 1 aliphatic rings. The van der Waals surface area contributed by atoms with E-state index in [1.54, 1.807) is 36.4 Å². The quantitative estimate of drug-likeness (QED) is 0.250. The molecule has 0 bridgehead atoms. The number of anilines is 3. The van der Waals surface area contributed by atoms with Crippen LogP contribution >= 0.6 is 34.5 Å². The average molecular weight is 569 g/mol. The van der Waals surface area contributed by atoms with Crippen LogP contribution in [0.2, 0.25) is 10.0 Å². The van der Waals surface area contributed by atoms with Crippen molar-refractivity contribution in [2.45, 2.75) is 12.8 Å². The molecule has 1 saturated carbocycles. The van der Waals surface area contributed by atoms with Crippen LogP contribution in [0.4, 0.5) is 20.9 Å². The molecule has 1 heterocycles. The van der Waals surface area contributed by atoms with Crippen molar-refractivity contribution in [1.82, 2.24) is 4.98 Å². The predicted molar refractivity (Wildman–Crippen MR) is 146 cm³/mol. The van der Waals surface area contributed by atoms with Gasteiger partial charge >= 0.3 is 0 Å². The van der Waals surface area contributed by atoms with Crippen molar-refractivity contribution in [1.29, 1.82) is 0 Å². The molecule has 3 amide bonds. The third kappa shape index (κ3) is 4.88. The van der Waals surface area contributed by atoms with Crippen LogP contribution in [0.25, 0.3) is 11.3 Å². The second-order valence-corrected chi connectivity index (χ2v) is 10.5. The first-order valence-corrected chi connectivity index (χ1v) is 13.0. The van der Waals surface area contributed by atoms with Gasteiger partial charge in [-0.25, -0.2) is 9.37 Å². The van der Waals surface area contributed by atoms with Gasteiger partial charge in [0.25, 0.3) is 5.91 Å². The SMILES string of the molecule is NC(=O)C1(C(=O)N(c2ccc(F)cc2)c2nc(-c3ccccc3)c(C(=O)Nc3ccc(Cl)c(Cl)c3)s2)CC1. The molecule has 0 atom stereocenters. The number of carbonyl (C=O) groups is 3. The molecule has 3 aromatic carbocycles. The summed E-state index contributed by atoms with van der Waals surface area (Å²) in [7, 11) is 0. The summed E-state index contributed by atoms with van der Waals surface area (Å²) in [5.74, 6) is -2.31. The van der Waals surface area contributed by atoms with Crippen molar-refractivity contribution >= 4 is 68.8 Å². The molecule has 1 fully saturated rings. The zero-order valence-electron chi connectivity index (χ0n) is 19.6. The second kappa shape index (κ2) is 10.2. The molecular formula is C27H19Cl2FN4O3S. The number of nitrogens with zero attached hydrogens (tertiary/aromatic N) is 2. The van der Waals surface area contributed by atoms with E-state index in [2.05, 4.69) is 10.3 Å². The Hall–Kier alpha value is -3.79. The number of benzene rings is 3. The highest BCUT2D eigenvalue weighted by Crippen LogP contribution is 2.50. The highest BCUT2D eigenvalue weighted by Gasteiger charge is 2.58. The Kier molecular flexibility index (Phi) is 6.92. The highest BCUT2D eigenvalue weighted by atomic mass is 35.5. The van der Waals surface area contributed by atoms with Crippen molar-refractivity contribution in [3.63, 3.8) is 0 Å². The Morgan fingerprint density at radius 2 is 1.66 bits per heavy atom. The molecule has 1 aliphatic carbocycles. The number of rotatable bonds is 7. The Morgan fingerprint density at radius 1 is 0.974 bits per heavy atom. The van der Waals surface area contributed by atoms with E-state index in [1.807, 2.05) is 6.07 Å². The lowest BCUT2D eigenvalue weighted by molar-refractivity contribution is -0.133. The molecule has 0 spiro atoms. The summed E-state index contributed by atoms with van der Waals surface area (Å²) in [6.45, 7) is 0. The molecule has 0 aliphatic heterocycles. The van der Waals surface area contributed by atoms with Gasteiger partial charge in [-0.1, -0.05) is 64.9 Å². The second-order valence-electron chi connectivity index (χ2n) is 8.69. The Bertz CT molecular complexity index is 1560. The van der Waals surface area contributed by atoms with Crippen molar-refractivity contribution < 1.29 is 18.8 Å². The summed E-state index contributed by atoms with van der Waals surface area (Å²) < 4.78 is 13.7. The van der Waals surface area contributed by atoms with Gasteiger partial charge in [0.1, 0.15) is 16.1 Å². The average Bonchev–Trinajstić information content (AvgIpc) is 3.62. The third-order valence-electron chi connectivity index (χ3n) is 6.16. The van der Waals surface area contributed by atoms with Crippen LogP contribution in [0.5, 0.6) is 0 Å². The van der Waals surface area contributed by atoms with Crippen molar-refractivity contribution in [2.24, 2.45) is 11.1 Å². The lowest BCUT2D eigenvalue weighted by Gasteiger charge is -2.23. The normalized spacial score (nSPS) is 13.6. The third-order valence-corrected chi connectivity index (χ3v) is 7.94. The van der Waals surface area contributed by atoms with Gasteiger partial charge in [0.15, 0.2) is 5.13 Å². The van der Waals surface area contributed by atoms with Gasteiger partial charge in [-0.3, -0.25) is 19.3 Å². The van der Waals surface area contributed by atoms with E-state index in [1.165, 1.54) is 35.2 Å². The van der Waals surface area contributed by atoms with Gasteiger partial charge in [0.05, 0.1) is 21.4 Å². The molecule has 4 aromatic rings. The maximum Gasteiger partial charge on any atom is 0.268 e. The highest BCUT2D eigenvalue weighted by molar-refractivity contribution is 7.18. The van der Waals surface area contributed by atoms with E-state index in [4.69, 9.17) is 28.9 Å². The Balaban J connectivity index is 1.62. The number of nitrogens with two attached hydrogens (primary N) is 1. The largest absolute Gasteiger partial charge is 0.369 e. The molecule has 0 radical (unpaired) electrons. The fourth-order valence-electron chi connectivity index (χ4n) is 3.92. The molecule has 0 saturated heterocycles. The van der Waals surface area contributed by atoms with Crippen molar-refractivity contribution in [2.75, 3.05) is 10.2 Å². The number of hydrogen-bond acceptors (Lipinski definition) is 5. The van der Waals surface area contributed by atoms with Crippen LogP contribution in [-0.2, 0) is 9.59 Å². The minimum absolute atomic E-state index is 0.132. The summed E-state index contributed by atoms with van der Waals surface area (Å²) in [6.07, 6.45) is 0.584. The van der Waals surface area contributed by atoms with E-state index in [-0.39, 0.29) is 20.7 Å². The lowest BCUT2D eigenvalue weighted by Crippen LogP contribution is -2.41. The first kappa shape index (κ1) is 25.8. The molecule has 7 nitrogen and oxygen atoms in total. The van der Waals surface area contributed by atoms with E-state index < -0.39 is 29.0 Å². The lowest BCUT2D eigenvalue weighted by atomic mass is 10.0. The molecule has 38 heavy (non-hydrogen) atoms. The monoisotopic (exact) mass is 568 g/mol. The van der Waals surface area contributed by atoms with Gasteiger partial charge in [-0.15, -0.1) is 0 Å². The minimum atomic E-state index is -1.38. The minimum Gasteiger partial charge on any atom is -0.369 e. The number of thiazole rings is 1. The topological polar surface area (TPSA) is 105 Å². The molecule has 3 N–H and O–H groups in total. The van der Waals surface area contributed by atoms with Crippen LogP contribution in [0, 0.1) is 11.2 Å². The number of nitrogens with one attached hydrogen (secondary N) is 1. The summed E-state index contributed by atoms with van der Waals surface area (Å²) >= 11 is 13.1. The summed E-state index contributed by atoms with van der Waals surface area (Å²) in [6, 6.07) is 18.9. The van der Waals surface area contributed by atoms with Crippen LogP contribution in [0.3, 0.4) is 0 Å². The first-order valence-electron chi connectivity index (χ1n) is 11.4. The maximum absolute atomic E-state index is 13.7. The Labute approximate surface area is 231 Å². The van der Waals surface area contributed by atoms with E-state index in [9.17, 15) is 18.8 Å². The first-order chi connectivity index (χ1) is 18.2. The fourth-order valence-corrected chi connectivity index (χ4v) is 5.22. The van der Waals surface area contributed by atoms with Crippen LogP contribution in [0.15, 0.2) is 72.8 Å². The molecule has 1 aromatic heterocycles. The van der Waals surface area contributed by atoms with Gasteiger partial charge < -0.3 is 11.1 Å². The number of hydrogen-bond donors (Lipinski definition) is 2. The molecule has 11 heteroatoms. The van der Waals surface area contributed by atoms with E-state index >= 15 is 0 Å². The summed E-state index contributed by atoms with van der Waals surface area (Å²) in [5.41, 5.74) is 5.87. The van der Waals surface area contributed by atoms with Crippen LogP contribution in [0.1, 0.15) is 22.5 Å². The van der Waals surface area contributed by atoms with Gasteiger partial charge in [-0.05, 0) is 55.3 Å². The number of primary amides is 1. The fraction of sp³-hybridized carbons (Fsp3) is 0.111. The Morgan fingerprint density at radius 3 is 2.26 bits per heavy atom. The molecule has 5 rings (SSSR count). The van der Waals surface area contributed by atoms with Crippen LogP contribution in [-0.4, -0.2) is 22.7 Å². The van der Waals surface area contributed by atoms with Crippen LogP contribution < -0.4 is 16.0 Å². The van der Waals surface area contributed by atoms with Gasteiger partial charge in [0, 0.05) is 11.3 Å².